The minimum atomic E-state index is -0.594. The van der Waals surface area contributed by atoms with Crippen molar-refractivity contribution in [3.63, 3.8) is 0 Å². The molecule has 0 aromatic heterocycles. The van der Waals surface area contributed by atoms with Gasteiger partial charge in [0.05, 0.1) is 6.61 Å². The molecule has 1 saturated heterocycles. The Morgan fingerprint density at radius 2 is 2.05 bits per heavy atom. The maximum absolute atomic E-state index is 12.0. The zero-order valence-corrected chi connectivity index (χ0v) is 14.0. The highest BCUT2D eigenvalue weighted by Crippen LogP contribution is 2.20. The lowest BCUT2D eigenvalue weighted by Gasteiger charge is -2.46. The number of ether oxygens (including phenoxy) is 1. The van der Waals surface area contributed by atoms with Crippen LogP contribution in [-0.4, -0.2) is 73.7 Å². The molecule has 0 bridgehead atoms. The Morgan fingerprint density at radius 1 is 1.40 bits per heavy atom. The molecule has 5 heteroatoms. The summed E-state index contributed by atoms with van der Waals surface area (Å²) in [7, 11) is 4.00. The van der Waals surface area contributed by atoms with Gasteiger partial charge >= 0.3 is 5.97 Å². The average Bonchev–Trinajstić information content (AvgIpc) is 2.39. The minimum absolute atomic E-state index is 0.157. The van der Waals surface area contributed by atoms with Crippen molar-refractivity contribution in [1.82, 2.24) is 15.1 Å². The van der Waals surface area contributed by atoms with Crippen LogP contribution in [0.3, 0.4) is 0 Å². The molecule has 1 aliphatic heterocycles. The fraction of sp³-hybridized carbons (Fsp3) is 0.933. The van der Waals surface area contributed by atoms with E-state index in [1.807, 2.05) is 20.9 Å². The SMILES string of the molecule is CCOC(=O)C(C)(CCN1CCN(C)C(C)(C)C1)NC. The number of likely N-dealkylation sites (N-methyl/N-ethyl adjacent to an activating group) is 2. The van der Waals surface area contributed by atoms with Crippen molar-refractivity contribution in [2.75, 3.05) is 46.9 Å². The number of nitrogens with zero attached hydrogens (tertiary/aromatic N) is 2. The van der Waals surface area contributed by atoms with Crippen LogP contribution in [0.4, 0.5) is 0 Å². The van der Waals surface area contributed by atoms with Gasteiger partial charge in [-0.2, -0.15) is 0 Å². The van der Waals surface area contributed by atoms with Gasteiger partial charge in [-0.15, -0.1) is 0 Å². The summed E-state index contributed by atoms with van der Waals surface area (Å²) in [6, 6.07) is 0. The number of hydrogen-bond acceptors (Lipinski definition) is 5. The van der Waals surface area contributed by atoms with E-state index in [4.69, 9.17) is 4.74 Å². The monoisotopic (exact) mass is 285 g/mol. The molecule has 0 spiro atoms. The third-order valence-corrected chi connectivity index (χ3v) is 4.60. The van der Waals surface area contributed by atoms with E-state index in [0.29, 0.717) is 6.61 Å². The van der Waals surface area contributed by atoms with Crippen LogP contribution in [0.2, 0.25) is 0 Å². The lowest BCUT2D eigenvalue weighted by Crippen LogP contribution is -2.59. The first kappa shape index (κ1) is 17.4. The summed E-state index contributed by atoms with van der Waals surface area (Å²) in [6.45, 7) is 12.8. The minimum Gasteiger partial charge on any atom is -0.465 e. The highest BCUT2D eigenvalue weighted by atomic mass is 16.5. The maximum Gasteiger partial charge on any atom is 0.326 e. The highest BCUT2D eigenvalue weighted by Gasteiger charge is 2.35. The van der Waals surface area contributed by atoms with Crippen molar-refractivity contribution in [2.45, 2.75) is 45.2 Å². The standard InChI is InChI=1S/C15H31N3O2/c1-7-20-13(19)15(4,16-5)8-9-18-11-10-17(6)14(2,3)12-18/h16H,7-12H2,1-6H3. The van der Waals surface area contributed by atoms with Crippen molar-refractivity contribution in [2.24, 2.45) is 0 Å². The quantitative estimate of drug-likeness (QED) is 0.736. The average molecular weight is 285 g/mol. The van der Waals surface area contributed by atoms with Gasteiger partial charge in [-0.3, -0.25) is 9.69 Å². The summed E-state index contributed by atoms with van der Waals surface area (Å²) in [4.78, 5) is 16.9. The van der Waals surface area contributed by atoms with Crippen LogP contribution >= 0.6 is 0 Å². The molecule has 5 nitrogen and oxygen atoms in total. The molecule has 0 aromatic rings. The van der Waals surface area contributed by atoms with Crippen LogP contribution in [0, 0.1) is 0 Å². The molecule has 1 aliphatic rings. The van der Waals surface area contributed by atoms with Gasteiger partial charge in [-0.05, 0) is 48.2 Å². The van der Waals surface area contributed by atoms with Crippen molar-refractivity contribution < 1.29 is 9.53 Å². The number of carbonyl (C=O) groups is 1. The first-order valence-corrected chi connectivity index (χ1v) is 7.55. The zero-order valence-electron chi connectivity index (χ0n) is 14.0. The third kappa shape index (κ3) is 4.17. The van der Waals surface area contributed by atoms with E-state index in [2.05, 4.69) is 36.0 Å². The van der Waals surface area contributed by atoms with Crippen LogP contribution in [0.5, 0.6) is 0 Å². The number of nitrogens with one attached hydrogen (secondary N) is 1. The first-order chi connectivity index (χ1) is 9.25. The van der Waals surface area contributed by atoms with E-state index in [-0.39, 0.29) is 11.5 Å². The van der Waals surface area contributed by atoms with Crippen molar-refractivity contribution in [1.29, 1.82) is 0 Å². The number of hydrogen-bond donors (Lipinski definition) is 1. The van der Waals surface area contributed by atoms with Gasteiger partial charge in [0.15, 0.2) is 0 Å². The van der Waals surface area contributed by atoms with E-state index in [1.165, 1.54) is 0 Å². The summed E-state index contributed by atoms with van der Waals surface area (Å²) in [5.41, 5.74) is -0.401. The van der Waals surface area contributed by atoms with Gasteiger partial charge in [0.1, 0.15) is 5.54 Å². The smallest absolute Gasteiger partial charge is 0.326 e. The third-order valence-electron chi connectivity index (χ3n) is 4.60. The van der Waals surface area contributed by atoms with Crippen LogP contribution in [0.25, 0.3) is 0 Å². The Bertz CT molecular complexity index is 333. The molecular weight excluding hydrogens is 254 g/mol. The lowest BCUT2D eigenvalue weighted by molar-refractivity contribution is -0.150. The molecule has 20 heavy (non-hydrogen) atoms. The second kappa shape index (κ2) is 6.87. The Hall–Kier alpha value is -0.650. The predicted molar refractivity (Wildman–Crippen MR) is 81.9 cm³/mol. The largest absolute Gasteiger partial charge is 0.465 e. The van der Waals surface area contributed by atoms with Gasteiger partial charge in [-0.1, -0.05) is 0 Å². The molecular formula is C15H31N3O2. The van der Waals surface area contributed by atoms with Crippen molar-refractivity contribution >= 4 is 5.97 Å². The predicted octanol–water partition coefficient (Wildman–Crippen LogP) is 0.944. The Labute approximate surface area is 123 Å². The van der Waals surface area contributed by atoms with Crippen LogP contribution < -0.4 is 5.32 Å². The van der Waals surface area contributed by atoms with Crippen molar-refractivity contribution in [3.05, 3.63) is 0 Å². The molecule has 0 aromatic carbocycles. The summed E-state index contributed by atoms with van der Waals surface area (Å²) in [5, 5.41) is 3.12. The van der Waals surface area contributed by atoms with Gasteiger partial charge in [-0.25, -0.2) is 0 Å². The second-order valence-electron chi connectivity index (χ2n) is 6.56. The number of piperazine rings is 1. The van der Waals surface area contributed by atoms with Gasteiger partial charge < -0.3 is 15.0 Å². The molecule has 1 fully saturated rings. The van der Waals surface area contributed by atoms with Gasteiger partial charge in [0, 0.05) is 31.7 Å². The van der Waals surface area contributed by atoms with Crippen molar-refractivity contribution in [3.8, 4) is 0 Å². The summed E-state index contributed by atoms with van der Waals surface area (Å²) >= 11 is 0. The Balaban J connectivity index is 2.55. The molecule has 0 aliphatic carbocycles. The summed E-state index contributed by atoms with van der Waals surface area (Å²) < 4.78 is 5.17. The highest BCUT2D eigenvalue weighted by molar-refractivity contribution is 5.80. The fourth-order valence-corrected chi connectivity index (χ4v) is 2.53. The molecule has 1 atom stereocenters. The van der Waals surface area contributed by atoms with Crippen LogP contribution in [-0.2, 0) is 9.53 Å². The molecule has 1 N–H and O–H groups in total. The number of esters is 1. The molecule has 0 saturated carbocycles. The van der Waals surface area contributed by atoms with Crippen LogP contribution in [0.1, 0.15) is 34.1 Å². The first-order valence-electron chi connectivity index (χ1n) is 7.55. The van der Waals surface area contributed by atoms with Gasteiger partial charge in [0.25, 0.3) is 0 Å². The van der Waals surface area contributed by atoms with E-state index < -0.39 is 5.54 Å². The molecule has 1 heterocycles. The molecule has 118 valence electrons. The molecule has 0 amide bonds. The Kier molecular flexibility index (Phi) is 5.98. The van der Waals surface area contributed by atoms with Crippen LogP contribution in [0.15, 0.2) is 0 Å². The van der Waals surface area contributed by atoms with E-state index in [9.17, 15) is 4.79 Å². The molecule has 0 radical (unpaired) electrons. The summed E-state index contributed by atoms with van der Waals surface area (Å²) in [5.74, 6) is -0.157. The molecule has 1 rings (SSSR count). The Morgan fingerprint density at radius 3 is 2.55 bits per heavy atom. The number of carbonyl (C=O) groups excluding carboxylic acids is 1. The number of rotatable bonds is 6. The normalized spacial score (nSPS) is 23.3. The van der Waals surface area contributed by atoms with E-state index in [0.717, 1.165) is 32.6 Å². The zero-order chi connectivity index (χ0) is 15.4. The lowest BCUT2D eigenvalue weighted by atomic mass is 9.95. The van der Waals surface area contributed by atoms with Gasteiger partial charge in [0.2, 0.25) is 0 Å². The van der Waals surface area contributed by atoms with E-state index in [1.54, 1.807) is 0 Å². The summed E-state index contributed by atoms with van der Waals surface area (Å²) in [6.07, 6.45) is 0.766. The molecule has 1 unspecified atom stereocenters. The maximum atomic E-state index is 12.0. The topological polar surface area (TPSA) is 44.8 Å². The second-order valence-corrected chi connectivity index (χ2v) is 6.56. The van der Waals surface area contributed by atoms with E-state index >= 15 is 0 Å². The fourth-order valence-electron chi connectivity index (χ4n) is 2.53.